The molecule has 1 saturated heterocycles. The third-order valence-corrected chi connectivity index (χ3v) is 7.91. The molecule has 1 aromatic rings. The van der Waals surface area contributed by atoms with Crippen LogP contribution < -0.4 is 5.32 Å². The van der Waals surface area contributed by atoms with Crippen molar-refractivity contribution in [3.8, 4) is 0 Å². The first-order chi connectivity index (χ1) is 13.2. The maximum Gasteiger partial charge on any atom is 0.223 e. The van der Waals surface area contributed by atoms with Crippen LogP contribution in [0, 0.1) is 11.8 Å². The second-order valence-electron chi connectivity index (χ2n) is 8.28. The lowest BCUT2D eigenvalue weighted by atomic mass is 9.91. The van der Waals surface area contributed by atoms with E-state index < -0.39 is 10.0 Å². The molecule has 1 heterocycles. The molecule has 1 amide bonds. The number of nitrogens with one attached hydrogen (secondary N) is 1. The van der Waals surface area contributed by atoms with Crippen LogP contribution in [0.4, 0.5) is 0 Å². The second-order valence-corrected chi connectivity index (χ2v) is 10.5. The SMILES string of the molecule is CC[C@H](C)c1ccc([C@@H](NC(=O)C2CCN(S(=O)(=O)CC)CC2)C(C)C)cc1. The second kappa shape index (κ2) is 9.88. The van der Waals surface area contributed by atoms with Crippen molar-refractivity contribution < 1.29 is 13.2 Å². The molecule has 0 aromatic heterocycles. The van der Waals surface area contributed by atoms with Gasteiger partial charge in [0.05, 0.1) is 11.8 Å². The fourth-order valence-corrected chi connectivity index (χ4v) is 4.88. The average Bonchev–Trinajstić information content (AvgIpc) is 2.71. The zero-order valence-corrected chi connectivity index (χ0v) is 18.8. The third kappa shape index (κ3) is 5.57. The topological polar surface area (TPSA) is 66.5 Å². The van der Waals surface area contributed by atoms with Crippen molar-refractivity contribution >= 4 is 15.9 Å². The number of carbonyl (C=O) groups excluding carboxylic acids is 1. The molecule has 1 N–H and O–H groups in total. The molecule has 6 heteroatoms. The zero-order valence-electron chi connectivity index (χ0n) is 17.9. The summed E-state index contributed by atoms with van der Waals surface area (Å²) >= 11 is 0. The molecule has 1 aliphatic rings. The Morgan fingerprint density at radius 2 is 1.61 bits per heavy atom. The quantitative estimate of drug-likeness (QED) is 0.705. The van der Waals surface area contributed by atoms with Gasteiger partial charge in [0.2, 0.25) is 15.9 Å². The molecular weight excluding hydrogens is 372 g/mol. The number of hydrogen-bond donors (Lipinski definition) is 1. The number of nitrogens with zero attached hydrogens (tertiary/aromatic N) is 1. The van der Waals surface area contributed by atoms with Crippen LogP contribution in [0.15, 0.2) is 24.3 Å². The van der Waals surface area contributed by atoms with Gasteiger partial charge in [-0.3, -0.25) is 4.79 Å². The van der Waals surface area contributed by atoms with Gasteiger partial charge in [-0.05, 0) is 49.1 Å². The lowest BCUT2D eigenvalue weighted by molar-refractivity contribution is -0.127. The van der Waals surface area contributed by atoms with E-state index in [1.807, 2.05) is 0 Å². The minimum Gasteiger partial charge on any atom is -0.349 e. The van der Waals surface area contributed by atoms with E-state index in [0.717, 1.165) is 12.0 Å². The van der Waals surface area contributed by atoms with Gasteiger partial charge >= 0.3 is 0 Å². The summed E-state index contributed by atoms with van der Waals surface area (Å²) in [6, 6.07) is 8.56. The summed E-state index contributed by atoms with van der Waals surface area (Å²) in [7, 11) is -3.16. The molecular formula is C22H36N2O3S. The third-order valence-electron chi connectivity index (χ3n) is 6.02. The van der Waals surface area contributed by atoms with Gasteiger partial charge in [0.15, 0.2) is 0 Å². The Hall–Kier alpha value is -1.40. The van der Waals surface area contributed by atoms with Gasteiger partial charge in [-0.2, -0.15) is 0 Å². The van der Waals surface area contributed by atoms with E-state index in [0.29, 0.717) is 31.8 Å². The van der Waals surface area contributed by atoms with Crippen LogP contribution in [0.2, 0.25) is 0 Å². The number of piperidine rings is 1. The Morgan fingerprint density at radius 3 is 2.07 bits per heavy atom. The predicted molar refractivity (Wildman–Crippen MR) is 115 cm³/mol. The lowest BCUT2D eigenvalue weighted by Crippen LogP contribution is -2.44. The minimum atomic E-state index is -3.16. The summed E-state index contributed by atoms with van der Waals surface area (Å²) in [5.74, 6) is 0.846. The van der Waals surface area contributed by atoms with E-state index >= 15 is 0 Å². The summed E-state index contributed by atoms with van der Waals surface area (Å²) in [4.78, 5) is 12.9. The average molecular weight is 409 g/mol. The monoisotopic (exact) mass is 408 g/mol. The summed E-state index contributed by atoms with van der Waals surface area (Å²) in [6.45, 7) is 11.2. The largest absolute Gasteiger partial charge is 0.349 e. The highest BCUT2D eigenvalue weighted by Crippen LogP contribution is 2.27. The van der Waals surface area contributed by atoms with E-state index in [1.54, 1.807) is 6.92 Å². The molecule has 0 radical (unpaired) electrons. The summed E-state index contributed by atoms with van der Waals surface area (Å²) in [5, 5.41) is 3.23. The van der Waals surface area contributed by atoms with Gasteiger partial charge in [-0.15, -0.1) is 0 Å². The highest BCUT2D eigenvalue weighted by Gasteiger charge is 2.31. The minimum absolute atomic E-state index is 0.0316. The van der Waals surface area contributed by atoms with Crippen molar-refractivity contribution in [3.63, 3.8) is 0 Å². The first-order valence-electron chi connectivity index (χ1n) is 10.6. The van der Waals surface area contributed by atoms with Gasteiger partial charge in [0.25, 0.3) is 0 Å². The lowest BCUT2D eigenvalue weighted by Gasteiger charge is -2.32. The smallest absolute Gasteiger partial charge is 0.223 e. The first kappa shape index (κ1) is 22.9. The highest BCUT2D eigenvalue weighted by molar-refractivity contribution is 7.89. The van der Waals surface area contributed by atoms with Gasteiger partial charge in [-0.1, -0.05) is 52.0 Å². The van der Waals surface area contributed by atoms with E-state index in [1.165, 1.54) is 9.87 Å². The van der Waals surface area contributed by atoms with Crippen LogP contribution in [-0.4, -0.2) is 37.5 Å². The number of carbonyl (C=O) groups is 1. The molecule has 0 spiro atoms. The molecule has 1 aliphatic heterocycles. The number of hydrogen-bond acceptors (Lipinski definition) is 3. The number of rotatable bonds is 8. The molecule has 2 rings (SSSR count). The van der Waals surface area contributed by atoms with Crippen molar-refractivity contribution in [3.05, 3.63) is 35.4 Å². The molecule has 0 unspecified atom stereocenters. The Kier molecular flexibility index (Phi) is 8.07. The van der Waals surface area contributed by atoms with Crippen LogP contribution >= 0.6 is 0 Å². The van der Waals surface area contributed by atoms with Crippen LogP contribution in [0.25, 0.3) is 0 Å². The van der Waals surface area contributed by atoms with Crippen LogP contribution in [0.3, 0.4) is 0 Å². The molecule has 0 saturated carbocycles. The van der Waals surface area contributed by atoms with Gasteiger partial charge in [-0.25, -0.2) is 12.7 Å². The Bertz CT molecular complexity index is 736. The summed E-state index contributed by atoms with van der Waals surface area (Å²) in [6.07, 6.45) is 2.28. The van der Waals surface area contributed by atoms with Crippen LogP contribution in [0.1, 0.15) is 77.0 Å². The predicted octanol–water partition coefficient (Wildman–Crippen LogP) is 4.08. The molecule has 0 bridgehead atoms. The Morgan fingerprint density at radius 1 is 1.07 bits per heavy atom. The fourth-order valence-electron chi connectivity index (χ4n) is 3.75. The van der Waals surface area contributed by atoms with Crippen molar-refractivity contribution in [2.75, 3.05) is 18.8 Å². The molecule has 2 atom stereocenters. The maximum atomic E-state index is 12.9. The molecule has 0 aliphatic carbocycles. The number of amides is 1. The molecule has 1 fully saturated rings. The van der Waals surface area contributed by atoms with E-state index in [9.17, 15) is 13.2 Å². The molecule has 28 heavy (non-hydrogen) atoms. The highest BCUT2D eigenvalue weighted by atomic mass is 32.2. The van der Waals surface area contributed by atoms with Crippen molar-refractivity contribution in [2.45, 2.75) is 65.8 Å². The molecule has 5 nitrogen and oxygen atoms in total. The standard InChI is InChI=1S/C22H36N2O3S/c1-6-17(5)18-8-10-19(11-9-18)21(16(3)4)23-22(25)20-12-14-24(15-13-20)28(26,27)7-2/h8-11,16-17,20-21H,6-7,12-15H2,1-5H3,(H,23,25)/t17-,21-/m0/s1. The fraction of sp³-hybridized carbons (Fsp3) is 0.682. The van der Waals surface area contributed by atoms with E-state index in [2.05, 4.69) is 57.3 Å². The maximum absolute atomic E-state index is 12.9. The van der Waals surface area contributed by atoms with E-state index in [-0.39, 0.29) is 29.5 Å². The van der Waals surface area contributed by atoms with Crippen molar-refractivity contribution in [2.24, 2.45) is 11.8 Å². The number of benzene rings is 1. The van der Waals surface area contributed by atoms with Crippen molar-refractivity contribution in [1.82, 2.24) is 9.62 Å². The van der Waals surface area contributed by atoms with Gasteiger partial charge in [0.1, 0.15) is 0 Å². The summed E-state index contributed by atoms with van der Waals surface area (Å²) in [5.41, 5.74) is 2.45. The van der Waals surface area contributed by atoms with Crippen molar-refractivity contribution in [1.29, 1.82) is 0 Å². The van der Waals surface area contributed by atoms with Crippen LogP contribution in [0.5, 0.6) is 0 Å². The molecule has 1 aromatic carbocycles. The Labute approximate surface area is 170 Å². The van der Waals surface area contributed by atoms with E-state index in [4.69, 9.17) is 0 Å². The zero-order chi connectivity index (χ0) is 20.9. The number of sulfonamides is 1. The normalized spacial score (nSPS) is 18.8. The first-order valence-corrected chi connectivity index (χ1v) is 12.2. The van der Waals surface area contributed by atoms with Crippen LogP contribution in [-0.2, 0) is 14.8 Å². The van der Waals surface area contributed by atoms with Gasteiger partial charge < -0.3 is 5.32 Å². The summed E-state index contributed by atoms with van der Waals surface area (Å²) < 4.78 is 25.5. The Balaban J connectivity index is 2.02. The van der Waals surface area contributed by atoms with Gasteiger partial charge in [0, 0.05) is 19.0 Å². The molecule has 158 valence electrons.